The molecule has 2 heteroatoms. The van der Waals surface area contributed by atoms with Gasteiger partial charge in [0.25, 0.3) is 0 Å². The molecule has 0 aliphatic heterocycles. The lowest BCUT2D eigenvalue weighted by atomic mass is 9.91. The molecule has 0 spiro atoms. The molecule has 2 saturated carbocycles. The van der Waals surface area contributed by atoms with E-state index in [1.165, 1.54) is 38.6 Å². The highest BCUT2D eigenvalue weighted by molar-refractivity contribution is 7.80. The summed E-state index contributed by atoms with van der Waals surface area (Å²) in [5.41, 5.74) is 0.619. The predicted molar refractivity (Wildman–Crippen MR) is 55.8 cm³/mol. The molecule has 0 bridgehead atoms. The van der Waals surface area contributed by atoms with Crippen LogP contribution < -0.4 is 0 Å². The lowest BCUT2D eigenvalue weighted by molar-refractivity contribution is 0.137. The second kappa shape index (κ2) is 3.22. The van der Waals surface area contributed by atoms with Crippen molar-refractivity contribution in [1.82, 2.24) is 4.90 Å². The number of rotatable bonds is 4. The summed E-state index contributed by atoms with van der Waals surface area (Å²) < 4.78 is 0. The molecule has 0 radical (unpaired) electrons. The molecule has 1 nitrogen and oxygen atoms in total. The van der Waals surface area contributed by atoms with Gasteiger partial charge in [0.2, 0.25) is 0 Å². The lowest BCUT2D eigenvalue weighted by Gasteiger charge is -2.36. The number of nitrogens with zero attached hydrogens (tertiary/aromatic N) is 1. The normalized spacial score (nSPS) is 27.2. The zero-order valence-corrected chi connectivity index (χ0v) is 8.82. The molecule has 2 aliphatic carbocycles. The van der Waals surface area contributed by atoms with Crippen molar-refractivity contribution in [3.8, 4) is 0 Å². The van der Waals surface area contributed by atoms with Crippen molar-refractivity contribution in [2.75, 3.05) is 19.3 Å². The first-order valence-corrected chi connectivity index (χ1v) is 5.70. The van der Waals surface area contributed by atoms with Gasteiger partial charge in [-0.05, 0) is 43.9 Å². The van der Waals surface area contributed by atoms with E-state index in [1.807, 2.05) is 0 Å². The van der Waals surface area contributed by atoms with Gasteiger partial charge in [-0.15, -0.1) is 0 Å². The Morgan fingerprint density at radius 1 is 1.42 bits per heavy atom. The third-order valence-corrected chi connectivity index (χ3v) is 4.25. The van der Waals surface area contributed by atoms with Crippen LogP contribution in [0.5, 0.6) is 0 Å². The molecule has 0 N–H and O–H groups in total. The summed E-state index contributed by atoms with van der Waals surface area (Å²) in [6.45, 7) is 1.29. The van der Waals surface area contributed by atoms with Crippen LogP contribution in [-0.2, 0) is 0 Å². The minimum atomic E-state index is 0.619. The lowest BCUT2D eigenvalue weighted by Crippen LogP contribution is -2.40. The Kier molecular flexibility index (Phi) is 2.39. The first kappa shape index (κ1) is 8.89. The van der Waals surface area contributed by atoms with E-state index in [4.69, 9.17) is 0 Å². The first-order chi connectivity index (χ1) is 5.76. The fourth-order valence-corrected chi connectivity index (χ4v) is 2.44. The second-order valence-corrected chi connectivity index (χ2v) is 4.97. The van der Waals surface area contributed by atoms with Gasteiger partial charge in [-0.2, -0.15) is 12.6 Å². The Morgan fingerprint density at radius 3 is 2.42 bits per heavy atom. The van der Waals surface area contributed by atoms with E-state index in [-0.39, 0.29) is 0 Å². The van der Waals surface area contributed by atoms with Crippen molar-refractivity contribution >= 4 is 12.6 Å². The minimum Gasteiger partial charge on any atom is -0.303 e. The van der Waals surface area contributed by atoms with Crippen LogP contribution in [0, 0.1) is 5.41 Å². The highest BCUT2D eigenvalue weighted by Crippen LogP contribution is 2.47. The van der Waals surface area contributed by atoms with E-state index in [9.17, 15) is 0 Å². The second-order valence-electron chi connectivity index (χ2n) is 4.66. The molecule has 0 heterocycles. The van der Waals surface area contributed by atoms with Gasteiger partial charge in [0.05, 0.1) is 0 Å². The molecule has 0 atom stereocenters. The topological polar surface area (TPSA) is 3.24 Å². The summed E-state index contributed by atoms with van der Waals surface area (Å²) in [6, 6.07) is 0.905. The minimum absolute atomic E-state index is 0.619. The third kappa shape index (κ3) is 1.64. The van der Waals surface area contributed by atoms with Gasteiger partial charge in [-0.1, -0.05) is 6.42 Å². The summed E-state index contributed by atoms with van der Waals surface area (Å²) in [4.78, 5) is 2.56. The van der Waals surface area contributed by atoms with Crippen LogP contribution in [0.15, 0.2) is 0 Å². The molecule has 0 saturated heterocycles. The highest BCUT2D eigenvalue weighted by atomic mass is 32.1. The Bertz CT molecular complexity index is 161. The molecule has 2 rings (SSSR count). The van der Waals surface area contributed by atoms with Gasteiger partial charge in [0, 0.05) is 12.6 Å². The molecular formula is C10H19NS. The molecule has 0 aromatic carbocycles. The number of hydrogen-bond donors (Lipinski definition) is 1. The maximum absolute atomic E-state index is 4.43. The van der Waals surface area contributed by atoms with Crippen molar-refractivity contribution < 1.29 is 0 Å². The van der Waals surface area contributed by atoms with Crippen LogP contribution in [0.4, 0.5) is 0 Å². The van der Waals surface area contributed by atoms with E-state index >= 15 is 0 Å². The summed E-state index contributed by atoms with van der Waals surface area (Å²) in [5.74, 6) is 1.09. The van der Waals surface area contributed by atoms with E-state index in [0.717, 1.165) is 11.8 Å². The molecule has 2 aliphatic rings. The van der Waals surface area contributed by atoms with Crippen LogP contribution in [0.1, 0.15) is 32.1 Å². The molecule has 70 valence electrons. The maximum Gasteiger partial charge on any atom is 0.00924 e. The van der Waals surface area contributed by atoms with Gasteiger partial charge in [-0.3, -0.25) is 0 Å². The van der Waals surface area contributed by atoms with Crippen LogP contribution >= 0.6 is 12.6 Å². The van der Waals surface area contributed by atoms with Crippen LogP contribution in [-0.4, -0.2) is 30.3 Å². The SMILES string of the molecule is CN(CC1(CS)CC1)C1CCC1. The quantitative estimate of drug-likeness (QED) is 0.657. The molecule has 0 aromatic heterocycles. The summed E-state index contributed by atoms with van der Waals surface area (Å²) >= 11 is 4.43. The summed E-state index contributed by atoms with van der Waals surface area (Å²) in [7, 11) is 2.29. The standard InChI is InChI=1S/C10H19NS/c1-11(9-3-2-4-9)7-10(8-12)5-6-10/h9,12H,2-8H2,1H3. The number of thiol groups is 1. The van der Waals surface area contributed by atoms with Crippen molar-refractivity contribution in [2.45, 2.75) is 38.1 Å². The molecule has 0 amide bonds. The number of hydrogen-bond acceptors (Lipinski definition) is 2. The Morgan fingerprint density at radius 2 is 2.08 bits per heavy atom. The zero-order valence-electron chi connectivity index (χ0n) is 7.92. The summed E-state index contributed by atoms with van der Waals surface area (Å²) in [5, 5.41) is 0. The average Bonchev–Trinajstić information content (AvgIpc) is 2.65. The van der Waals surface area contributed by atoms with Gasteiger partial charge < -0.3 is 4.90 Å². The molecule has 0 aromatic rings. The van der Waals surface area contributed by atoms with Gasteiger partial charge in [-0.25, -0.2) is 0 Å². The molecular weight excluding hydrogens is 166 g/mol. The van der Waals surface area contributed by atoms with Crippen LogP contribution in [0.25, 0.3) is 0 Å². The van der Waals surface area contributed by atoms with Crippen LogP contribution in [0.2, 0.25) is 0 Å². The molecule has 2 fully saturated rings. The van der Waals surface area contributed by atoms with E-state index in [2.05, 4.69) is 24.6 Å². The summed E-state index contributed by atoms with van der Waals surface area (Å²) in [6.07, 6.45) is 7.13. The van der Waals surface area contributed by atoms with Gasteiger partial charge in [0.1, 0.15) is 0 Å². The van der Waals surface area contributed by atoms with Crippen molar-refractivity contribution in [3.63, 3.8) is 0 Å². The van der Waals surface area contributed by atoms with E-state index in [1.54, 1.807) is 0 Å². The van der Waals surface area contributed by atoms with Crippen molar-refractivity contribution in [3.05, 3.63) is 0 Å². The predicted octanol–water partition coefficient (Wildman–Crippen LogP) is 2.18. The third-order valence-electron chi connectivity index (χ3n) is 3.58. The monoisotopic (exact) mass is 185 g/mol. The van der Waals surface area contributed by atoms with Crippen molar-refractivity contribution in [2.24, 2.45) is 5.41 Å². The van der Waals surface area contributed by atoms with E-state index in [0.29, 0.717) is 5.41 Å². The fraction of sp³-hybridized carbons (Fsp3) is 1.00. The van der Waals surface area contributed by atoms with Gasteiger partial charge >= 0.3 is 0 Å². The van der Waals surface area contributed by atoms with Gasteiger partial charge in [0.15, 0.2) is 0 Å². The van der Waals surface area contributed by atoms with Crippen molar-refractivity contribution in [1.29, 1.82) is 0 Å². The molecule has 12 heavy (non-hydrogen) atoms. The molecule has 0 unspecified atom stereocenters. The van der Waals surface area contributed by atoms with E-state index < -0.39 is 0 Å². The first-order valence-electron chi connectivity index (χ1n) is 5.07. The van der Waals surface area contributed by atoms with Crippen LogP contribution in [0.3, 0.4) is 0 Å². The average molecular weight is 185 g/mol. The smallest absolute Gasteiger partial charge is 0.00924 e. The largest absolute Gasteiger partial charge is 0.303 e. The highest BCUT2D eigenvalue weighted by Gasteiger charge is 2.43. The fourth-order valence-electron chi connectivity index (χ4n) is 2.03. The Labute approximate surface area is 80.9 Å². The maximum atomic E-state index is 4.43. The Balaban J connectivity index is 1.77. The zero-order chi connectivity index (χ0) is 8.60. The Hall–Kier alpha value is 0.310.